The van der Waals surface area contributed by atoms with Gasteiger partial charge in [0.15, 0.2) is 0 Å². The average molecular weight is 293 g/mol. The number of amides is 2. The summed E-state index contributed by atoms with van der Waals surface area (Å²) in [5.41, 5.74) is 4.06. The van der Waals surface area contributed by atoms with Gasteiger partial charge >= 0.3 is 6.03 Å². The zero-order valence-corrected chi connectivity index (χ0v) is 13.0. The van der Waals surface area contributed by atoms with Crippen molar-refractivity contribution in [3.05, 3.63) is 59.2 Å². The van der Waals surface area contributed by atoms with Gasteiger partial charge in [0.05, 0.1) is 11.6 Å². The molecule has 2 aromatic rings. The molecule has 22 heavy (non-hydrogen) atoms. The van der Waals surface area contributed by atoms with E-state index in [1.807, 2.05) is 25.1 Å². The van der Waals surface area contributed by atoms with Crippen molar-refractivity contribution in [3.8, 4) is 6.07 Å². The lowest BCUT2D eigenvalue weighted by atomic mass is 9.98. The molecule has 2 amide bonds. The Bertz CT molecular complexity index is 729. The molecule has 0 atom stereocenters. The number of hydrogen-bond donors (Lipinski definition) is 2. The fraction of sp³-hybridized carbons (Fsp3) is 0.222. The highest BCUT2D eigenvalue weighted by Gasteiger charge is 2.12. The monoisotopic (exact) mass is 293 g/mol. The Morgan fingerprint density at radius 2 is 1.86 bits per heavy atom. The minimum absolute atomic E-state index is 0.314. The van der Waals surface area contributed by atoms with Crippen LogP contribution in [0.2, 0.25) is 0 Å². The highest BCUT2D eigenvalue weighted by atomic mass is 16.2. The quantitative estimate of drug-likeness (QED) is 0.866. The largest absolute Gasteiger partial charge is 0.323 e. The van der Waals surface area contributed by atoms with Crippen molar-refractivity contribution >= 4 is 17.4 Å². The SMILES string of the molecule is Cc1cccc(C(C)C)c1NC(=O)Nc1cccc(C#N)c1. The molecular weight excluding hydrogens is 274 g/mol. The van der Waals surface area contributed by atoms with Crippen LogP contribution in [-0.2, 0) is 0 Å². The van der Waals surface area contributed by atoms with E-state index in [1.165, 1.54) is 0 Å². The molecule has 0 radical (unpaired) electrons. The summed E-state index contributed by atoms with van der Waals surface area (Å²) in [6, 6.07) is 14.5. The van der Waals surface area contributed by atoms with E-state index in [2.05, 4.69) is 30.6 Å². The number of carbonyl (C=O) groups is 1. The first-order valence-electron chi connectivity index (χ1n) is 7.19. The third-order valence-electron chi connectivity index (χ3n) is 3.42. The Hall–Kier alpha value is -2.80. The van der Waals surface area contributed by atoms with Gasteiger partial charge in [-0.2, -0.15) is 5.26 Å². The summed E-state index contributed by atoms with van der Waals surface area (Å²) in [6.07, 6.45) is 0. The lowest BCUT2D eigenvalue weighted by Gasteiger charge is -2.16. The maximum atomic E-state index is 12.2. The number of urea groups is 1. The van der Waals surface area contributed by atoms with Crippen molar-refractivity contribution in [2.24, 2.45) is 0 Å². The molecule has 0 fully saturated rings. The Balaban J connectivity index is 2.18. The van der Waals surface area contributed by atoms with Crippen LogP contribution < -0.4 is 10.6 Å². The molecule has 2 rings (SSSR count). The number of rotatable bonds is 3. The van der Waals surface area contributed by atoms with Crippen LogP contribution in [0.1, 0.15) is 36.5 Å². The number of nitrogens with zero attached hydrogens (tertiary/aromatic N) is 1. The van der Waals surface area contributed by atoms with Gasteiger partial charge in [-0.1, -0.05) is 38.1 Å². The molecule has 0 aromatic heterocycles. The highest BCUT2D eigenvalue weighted by Crippen LogP contribution is 2.27. The summed E-state index contributed by atoms with van der Waals surface area (Å²) in [7, 11) is 0. The molecular formula is C18H19N3O. The number of carbonyl (C=O) groups excluding carboxylic acids is 1. The molecule has 0 aliphatic rings. The van der Waals surface area contributed by atoms with E-state index in [4.69, 9.17) is 5.26 Å². The number of anilines is 2. The summed E-state index contributed by atoms with van der Waals surface area (Å²) < 4.78 is 0. The Morgan fingerprint density at radius 1 is 1.14 bits per heavy atom. The lowest BCUT2D eigenvalue weighted by Crippen LogP contribution is -2.21. The third kappa shape index (κ3) is 3.64. The van der Waals surface area contributed by atoms with Crippen molar-refractivity contribution in [3.63, 3.8) is 0 Å². The predicted octanol–water partition coefficient (Wildman–Crippen LogP) is 4.63. The van der Waals surface area contributed by atoms with E-state index in [0.717, 1.165) is 16.8 Å². The van der Waals surface area contributed by atoms with Gasteiger partial charge in [0.1, 0.15) is 0 Å². The van der Waals surface area contributed by atoms with Gasteiger partial charge in [-0.15, -0.1) is 0 Å². The number of nitrogens with one attached hydrogen (secondary N) is 2. The maximum absolute atomic E-state index is 12.2. The third-order valence-corrected chi connectivity index (χ3v) is 3.42. The number of aryl methyl sites for hydroxylation is 1. The molecule has 4 nitrogen and oxygen atoms in total. The van der Waals surface area contributed by atoms with Crippen molar-refractivity contribution in [1.29, 1.82) is 5.26 Å². The van der Waals surface area contributed by atoms with E-state index >= 15 is 0 Å². The number of benzene rings is 2. The van der Waals surface area contributed by atoms with Crippen molar-refractivity contribution in [2.45, 2.75) is 26.7 Å². The molecule has 0 heterocycles. The summed E-state index contributed by atoms with van der Waals surface area (Å²) in [6.45, 7) is 6.15. The van der Waals surface area contributed by atoms with E-state index in [0.29, 0.717) is 17.2 Å². The minimum atomic E-state index is -0.314. The molecule has 0 saturated carbocycles. The molecule has 0 bridgehead atoms. The number of para-hydroxylation sites is 1. The van der Waals surface area contributed by atoms with E-state index in [1.54, 1.807) is 24.3 Å². The lowest BCUT2D eigenvalue weighted by molar-refractivity contribution is 0.262. The molecule has 0 saturated heterocycles. The topological polar surface area (TPSA) is 64.9 Å². The molecule has 112 valence electrons. The zero-order chi connectivity index (χ0) is 16.1. The van der Waals surface area contributed by atoms with Gasteiger partial charge in [-0.3, -0.25) is 0 Å². The number of nitriles is 1. The van der Waals surface area contributed by atoms with Gasteiger partial charge in [0, 0.05) is 11.4 Å². The van der Waals surface area contributed by atoms with E-state index < -0.39 is 0 Å². The van der Waals surface area contributed by atoms with Gasteiger partial charge < -0.3 is 10.6 Å². The molecule has 2 N–H and O–H groups in total. The second kappa shape index (κ2) is 6.77. The van der Waals surface area contributed by atoms with Gasteiger partial charge in [-0.25, -0.2) is 4.79 Å². The van der Waals surface area contributed by atoms with Crippen LogP contribution >= 0.6 is 0 Å². The van der Waals surface area contributed by atoms with Gasteiger partial charge in [0.25, 0.3) is 0 Å². The van der Waals surface area contributed by atoms with Crippen molar-refractivity contribution < 1.29 is 4.79 Å². The molecule has 0 unspecified atom stereocenters. The van der Waals surface area contributed by atoms with Gasteiger partial charge in [-0.05, 0) is 42.2 Å². The summed E-state index contributed by atoms with van der Waals surface area (Å²) >= 11 is 0. The zero-order valence-electron chi connectivity index (χ0n) is 13.0. The summed E-state index contributed by atoms with van der Waals surface area (Å²) in [4.78, 5) is 12.2. The average Bonchev–Trinajstić information content (AvgIpc) is 2.49. The highest BCUT2D eigenvalue weighted by molar-refractivity contribution is 6.00. The second-order valence-electron chi connectivity index (χ2n) is 5.47. The Kier molecular flexibility index (Phi) is 4.80. The van der Waals surface area contributed by atoms with Crippen molar-refractivity contribution in [1.82, 2.24) is 0 Å². The van der Waals surface area contributed by atoms with Crippen LogP contribution in [0.3, 0.4) is 0 Å². The summed E-state index contributed by atoms with van der Waals surface area (Å²) in [5, 5.41) is 14.6. The van der Waals surface area contributed by atoms with Crippen LogP contribution in [-0.4, -0.2) is 6.03 Å². The summed E-state index contributed by atoms with van der Waals surface area (Å²) in [5.74, 6) is 0.317. The van der Waals surface area contributed by atoms with E-state index in [9.17, 15) is 4.79 Å². The van der Waals surface area contributed by atoms with Crippen LogP contribution in [0.25, 0.3) is 0 Å². The van der Waals surface area contributed by atoms with Crippen LogP contribution in [0, 0.1) is 18.3 Å². The fourth-order valence-corrected chi connectivity index (χ4v) is 2.28. The molecule has 2 aromatic carbocycles. The molecule has 4 heteroatoms. The molecule has 0 aliphatic carbocycles. The van der Waals surface area contributed by atoms with E-state index in [-0.39, 0.29) is 6.03 Å². The maximum Gasteiger partial charge on any atom is 0.323 e. The van der Waals surface area contributed by atoms with Crippen LogP contribution in [0.4, 0.5) is 16.2 Å². The standard InChI is InChI=1S/C18H19N3O/c1-12(2)16-9-4-6-13(3)17(16)21-18(22)20-15-8-5-7-14(10-15)11-19/h4-10,12H,1-3H3,(H2,20,21,22). The smallest absolute Gasteiger partial charge is 0.308 e. The first kappa shape index (κ1) is 15.6. The van der Waals surface area contributed by atoms with Crippen molar-refractivity contribution in [2.75, 3.05) is 10.6 Å². The number of hydrogen-bond acceptors (Lipinski definition) is 2. The Morgan fingerprint density at radius 3 is 2.55 bits per heavy atom. The van der Waals surface area contributed by atoms with Gasteiger partial charge in [0.2, 0.25) is 0 Å². The molecule has 0 spiro atoms. The van der Waals surface area contributed by atoms with Crippen LogP contribution in [0.5, 0.6) is 0 Å². The second-order valence-corrected chi connectivity index (χ2v) is 5.47. The first-order valence-corrected chi connectivity index (χ1v) is 7.19. The normalized spacial score (nSPS) is 10.1. The predicted molar refractivity (Wildman–Crippen MR) is 89.1 cm³/mol. The minimum Gasteiger partial charge on any atom is -0.308 e. The molecule has 0 aliphatic heterocycles. The first-order chi connectivity index (χ1) is 10.5. The van der Waals surface area contributed by atoms with Crippen LogP contribution in [0.15, 0.2) is 42.5 Å². The Labute approximate surface area is 130 Å². The fourth-order valence-electron chi connectivity index (χ4n) is 2.28.